The minimum atomic E-state index is -0.00579. The van der Waals surface area contributed by atoms with Gasteiger partial charge in [0.05, 0.1) is 0 Å². The molecule has 0 aliphatic heterocycles. The largest absolute Gasteiger partial charge is 0.461 e. The van der Waals surface area contributed by atoms with Gasteiger partial charge in [0.15, 0.2) is 0 Å². The van der Waals surface area contributed by atoms with Crippen LogP contribution in [0.1, 0.15) is 0 Å². The first kappa shape index (κ1) is 4.98. The average molecular weight is 93.1 g/mol. The Hall–Kier alpha value is -0.0200. The Bertz CT molecular complexity index is 28.8. The van der Waals surface area contributed by atoms with Crippen molar-refractivity contribution in [2.24, 2.45) is 0 Å². The van der Waals surface area contributed by atoms with E-state index >= 15 is 0 Å². The molecule has 0 saturated carbocycles. The van der Waals surface area contributed by atoms with E-state index in [1.807, 2.05) is 0 Å². The molecule has 3 heteroatoms. The Morgan fingerprint density at radius 2 is 2.40 bits per heavy atom. The van der Waals surface area contributed by atoms with E-state index < -0.39 is 0 Å². The molecular weight excluding hydrogens is 88.1 g/mol. The van der Waals surface area contributed by atoms with E-state index in [1.165, 1.54) is 0 Å². The second-order valence-corrected chi connectivity index (χ2v) is 1.19. The second-order valence-electron chi connectivity index (χ2n) is 0.546. The van der Waals surface area contributed by atoms with E-state index in [4.69, 9.17) is 5.11 Å². The monoisotopic (exact) mass is 93.0 g/mol. The summed E-state index contributed by atoms with van der Waals surface area (Å²) < 4.78 is 9.29. The number of aliphatic hydroxyl groups excluding tert-OH is 1. The number of hydrogen-bond acceptors (Lipinski definition) is 2. The van der Waals surface area contributed by atoms with Gasteiger partial charge in [-0.2, -0.15) is 0 Å². The summed E-state index contributed by atoms with van der Waals surface area (Å²) in [6.07, 6.45) is 0. The number of rotatable bonds is 2. The normalized spacial score (nSPS) is 7.40. The summed E-state index contributed by atoms with van der Waals surface area (Å²) >= 11 is 0.402. The molecule has 1 N–H and O–H groups in total. The van der Waals surface area contributed by atoms with Crippen LogP contribution < -0.4 is 0 Å². The van der Waals surface area contributed by atoms with Crippen LogP contribution in [0.4, 0.5) is 0 Å². The molecule has 0 aliphatic carbocycles. The Labute approximate surface area is 34.3 Å². The molecule has 0 aliphatic rings. The van der Waals surface area contributed by atoms with Gasteiger partial charge in [0.2, 0.25) is 0 Å². The van der Waals surface area contributed by atoms with E-state index in [1.54, 1.807) is 0 Å². The molecule has 0 saturated heterocycles. The summed E-state index contributed by atoms with van der Waals surface area (Å²) in [6.45, 7) is -0.00579. The standard InChI is InChI=1S/C2H5O2S/c3-1-2-5-4/h3H,1-2H2/q+1. The maximum absolute atomic E-state index is 9.29. The number of aliphatic hydroxyl groups is 1. The molecule has 0 spiro atoms. The van der Waals surface area contributed by atoms with Crippen molar-refractivity contribution in [2.75, 3.05) is 12.4 Å². The predicted octanol–water partition coefficient (Wildman–Crippen LogP) is -0.593. The van der Waals surface area contributed by atoms with Gasteiger partial charge >= 0.3 is 11.7 Å². The van der Waals surface area contributed by atoms with E-state index in [2.05, 4.69) is 0 Å². The van der Waals surface area contributed by atoms with Crippen molar-refractivity contribution in [2.45, 2.75) is 0 Å². The highest BCUT2D eigenvalue weighted by Crippen LogP contribution is 1.50. The van der Waals surface area contributed by atoms with Crippen LogP contribution in [0, 0.1) is 0 Å². The van der Waals surface area contributed by atoms with E-state index in [-0.39, 0.29) is 6.61 Å². The summed E-state index contributed by atoms with van der Waals surface area (Å²) in [7, 11) is 0. The van der Waals surface area contributed by atoms with Crippen molar-refractivity contribution in [3.8, 4) is 0 Å². The molecule has 0 radical (unpaired) electrons. The third-order valence-electron chi connectivity index (χ3n) is 0.175. The SMILES string of the molecule is O=[S+]CCO. The van der Waals surface area contributed by atoms with Crippen molar-refractivity contribution >= 4 is 11.7 Å². The fourth-order valence-corrected chi connectivity index (χ4v) is 0.112. The zero-order chi connectivity index (χ0) is 4.12. The minimum absolute atomic E-state index is 0.00579. The summed E-state index contributed by atoms with van der Waals surface area (Å²) in [5, 5.41) is 7.85. The zero-order valence-corrected chi connectivity index (χ0v) is 3.49. The fraction of sp³-hybridized carbons (Fsp3) is 1.00. The lowest BCUT2D eigenvalue weighted by atomic mass is 10.9. The van der Waals surface area contributed by atoms with Gasteiger partial charge in [-0.1, -0.05) is 0 Å². The highest BCUT2D eigenvalue weighted by Gasteiger charge is 1.88. The summed E-state index contributed by atoms with van der Waals surface area (Å²) in [5.74, 6) is 0.306. The third-order valence-corrected chi connectivity index (χ3v) is 0.524. The second kappa shape index (κ2) is 3.98. The molecule has 0 aromatic heterocycles. The van der Waals surface area contributed by atoms with Crippen LogP contribution >= 0.6 is 0 Å². The van der Waals surface area contributed by atoms with Crippen LogP contribution in [0.3, 0.4) is 0 Å². The van der Waals surface area contributed by atoms with Gasteiger partial charge < -0.3 is 5.11 Å². The van der Waals surface area contributed by atoms with Gasteiger partial charge in [-0.25, -0.2) is 0 Å². The molecule has 0 amide bonds. The zero-order valence-electron chi connectivity index (χ0n) is 2.68. The smallest absolute Gasteiger partial charge is 0.391 e. The lowest BCUT2D eigenvalue weighted by Gasteiger charge is -1.56. The minimum Gasteiger partial charge on any atom is -0.391 e. The first-order valence-electron chi connectivity index (χ1n) is 1.27. The fourth-order valence-electron chi connectivity index (χ4n) is 0.0373. The van der Waals surface area contributed by atoms with Crippen molar-refractivity contribution < 1.29 is 9.32 Å². The summed E-state index contributed by atoms with van der Waals surface area (Å²) in [6, 6.07) is 0. The molecule has 0 fully saturated rings. The van der Waals surface area contributed by atoms with Crippen LogP contribution in [0.15, 0.2) is 0 Å². The summed E-state index contributed by atoms with van der Waals surface area (Å²) in [5.41, 5.74) is 0. The Morgan fingerprint density at radius 3 is 2.40 bits per heavy atom. The molecule has 0 bridgehead atoms. The van der Waals surface area contributed by atoms with Crippen molar-refractivity contribution in [3.63, 3.8) is 0 Å². The van der Waals surface area contributed by atoms with Crippen molar-refractivity contribution in [1.29, 1.82) is 0 Å². The van der Waals surface area contributed by atoms with E-state index in [0.717, 1.165) is 0 Å². The van der Waals surface area contributed by atoms with Gasteiger partial charge in [0, 0.05) is 4.21 Å². The van der Waals surface area contributed by atoms with Crippen LogP contribution in [0.2, 0.25) is 0 Å². The first-order chi connectivity index (χ1) is 2.41. The molecule has 30 valence electrons. The molecule has 0 heterocycles. The van der Waals surface area contributed by atoms with Crippen molar-refractivity contribution in [1.82, 2.24) is 0 Å². The van der Waals surface area contributed by atoms with Gasteiger partial charge in [-0.05, 0) is 0 Å². The molecule has 0 atom stereocenters. The van der Waals surface area contributed by atoms with Gasteiger partial charge in [-0.3, -0.25) is 0 Å². The van der Waals surface area contributed by atoms with Gasteiger partial charge in [0.1, 0.15) is 6.61 Å². The Kier molecular flexibility index (Phi) is 3.96. The molecule has 0 aromatic carbocycles. The van der Waals surface area contributed by atoms with Crippen LogP contribution in [0.25, 0.3) is 0 Å². The Balaban J connectivity index is 2.40. The lowest BCUT2D eigenvalue weighted by Crippen LogP contribution is -1.85. The molecule has 0 rings (SSSR count). The Morgan fingerprint density at radius 1 is 1.80 bits per heavy atom. The summed E-state index contributed by atoms with van der Waals surface area (Å²) in [4.78, 5) is 0. The van der Waals surface area contributed by atoms with Gasteiger partial charge in [0.25, 0.3) is 5.75 Å². The highest BCUT2D eigenvalue weighted by molar-refractivity contribution is 7.65. The number of hydrogen-bond donors (Lipinski definition) is 1. The van der Waals surface area contributed by atoms with Crippen LogP contribution in [-0.2, 0) is 15.9 Å². The quantitative estimate of drug-likeness (QED) is 0.463. The van der Waals surface area contributed by atoms with E-state index in [0.29, 0.717) is 17.4 Å². The lowest BCUT2D eigenvalue weighted by molar-refractivity contribution is 0.321. The topological polar surface area (TPSA) is 37.3 Å². The van der Waals surface area contributed by atoms with Gasteiger partial charge in [-0.15, -0.1) is 0 Å². The molecule has 2 nitrogen and oxygen atoms in total. The van der Waals surface area contributed by atoms with E-state index in [9.17, 15) is 4.21 Å². The maximum Gasteiger partial charge on any atom is 0.461 e. The highest BCUT2D eigenvalue weighted by atomic mass is 32.1. The predicted molar refractivity (Wildman–Crippen MR) is 20.0 cm³/mol. The van der Waals surface area contributed by atoms with Crippen molar-refractivity contribution in [3.05, 3.63) is 0 Å². The van der Waals surface area contributed by atoms with Crippen LogP contribution in [-0.4, -0.2) is 17.5 Å². The molecule has 0 unspecified atom stereocenters. The molecule has 5 heavy (non-hydrogen) atoms. The third kappa shape index (κ3) is 3.98. The molecule has 0 aromatic rings. The maximum atomic E-state index is 9.29. The average Bonchev–Trinajstić information content (AvgIpc) is 1.41. The molecular formula is C2H5O2S+. The van der Waals surface area contributed by atoms with Crippen LogP contribution in [0.5, 0.6) is 0 Å². The first-order valence-corrected chi connectivity index (χ1v) is 2.18.